The number of aliphatic hydroxyl groups is 1. The van der Waals surface area contributed by atoms with E-state index in [-0.39, 0.29) is 12.5 Å². The molecule has 150 valence electrons. The molecule has 28 heavy (non-hydrogen) atoms. The molecule has 5 heteroatoms. The number of hydrogen-bond donors (Lipinski definition) is 1. The molecule has 0 aromatic heterocycles. The normalized spacial score (nSPS) is 16.4. The number of aliphatic hydroxyl groups excluding tert-OH is 1. The molecule has 1 aliphatic heterocycles. The van der Waals surface area contributed by atoms with Gasteiger partial charge in [0.2, 0.25) is 5.91 Å². The lowest BCUT2D eigenvalue weighted by atomic mass is 10.1. The smallest absolute Gasteiger partial charge is 0.222 e. The predicted octanol–water partition coefficient (Wildman–Crippen LogP) is 3.04. The lowest BCUT2D eigenvalue weighted by Gasteiger charge is -2.24. The number of amides is 1. The molecule has 0 saturated carbocycles. The average Bonchev–Trinajstić information content (AvgIpc) is 2.98. The SMILES string of the molecule is CCC(=O)N1CCCN(CC(O)COc2ccc(-c3ccccc3)cc2)CC1. The molecule has 1 aliphatic rings. The summed E-state index contributed by atoms with van der Waals surface area (Å²) in [5, 5.41) is 10.4. The van der Waals surface area contributed by atoms with Gasteiger partial charge in [0, 0.05) is 32.6 Å². The third-order valence-corrected chi connectivity index (χ3v) is 5.12. The molecule has 2 aromatic rings. The Morgan fingerprint density at radius 1 is 1.00 bits per heavy atom. The maximum absolute atomic E-state index is 11.9. The van der Waals surface area contributed by atoms with Gasteiger partial charge in [-0.3, -0.25) is 9.69 Å². The van der Waals surface area contributed by atoms with Gasteiger partial charge in [-0.15, -0.1) is 0 Å². The summed E-state index contributed by atoms with van der Waals surface area (Å²) >= 11 is 0. The first kappa shape index (κ1) is 20.4. The first-order chi connectivity index (χ1) is 13.7. The van der Waals surface area contributed by atoms with E-state index in [2.05, 4.69) is 17.0 Å². The molecule has 1 N–H and O–H groups in total. The Kier molecular flexibility index (Phi) is 7.46. The highest BCUT2D eigenvalue weighted by molar-refractivity contribution is 5.75. The summed E-state index contributed by atoms with van der Waals surface area (Å²) in [5.41, 5.74) is 2.31. The summed E-state index contributed by atoms with van der Waals surface area (Å²) in [6, 6.07) is 18.2. The van der Waals surface area contributed by atoms with E-state index in [1.54, 1.807) is 0 Å². The number of carbonyl (C=O) groups excluding carboxylic acids is 1. The zero-order chi connectivity index (χ0) is 19.8. The fourth-order valence-corrected chi connectivity index (χ4v) is 3.54. The van der Waals surface area contributed by atoms with Crippen LogP contribution < -0.4 is 4.74 Å². The van der Waals surface area contributed by atoms with E-state index in [4.69, 9.17) is 4.74 Å². The molecule has 0 spiro atoms. The molecule has 0 bridgehead atoms. The number of benzene rings is 2. The van der Waals surface area contributed by atoms with Crippen molar-refractivity contribution < 1.29 is 14.6 Å². The van der Waals surface area contributed by atoms with Crippen molar-refractivity contribution in [1.29, 1.82) is 0 Å². The van der Waals surface area contributed by atoms with Gasteiger partial charge >= 0.3 is 0 Å². The molecule has 1 unspecified atom stereocenters. The highest BCUT2D eigenvalue weighted by atomic mass is 16.5. The van der Waals surface area contributed by atoms with E-state index < -0.39 is 6.10 Å². The third kappa shape index (κ3) is 5.81. The van der Waals surface area contributed by atoms with Crippen LogP contribution in [-0.2, 0) is 4.79 Å². The monoisotopic (exact) mass is 382 g/mol. The van der Waals surface area contributed by atoms with E-state index in [0.29, 0.717) is 13.0 Å². The van der Waals surface area contributed by atoms with E-state index in [1.165, 1.54) is 5.56 Å². The minimum atomic E-state index is -0.553. The van der Waals surface area contributed by atoms with Crippen molar-refractivity contribution in [1.82, 2.24) is 9.80 Å². The largest absolute Gasteiger partial charge is 0.491 e. The van der Waals surface area contributed by atoms with Crippen LogP contribution in [0.4, 0.5) is 0 Å². The summed E-state index contributed by atoms with van der Waals surface area (Å²) in [5.74, 6) is 0.971. The number of β-amino-alcohol motifs (C(OH)–C–C–N with tert-alkyl or cyclic N) is 1. The maximum Gasteiger partial charge on any atom is 0.222 e. The zero-order valence-electron chi connectivity index (χ0n) is 16.6. The molecule has 2 aromatic carbocycles. The fourth-order valence-electron chi connectivity index (χ4n) is 3.54. The second kappa shape index (κ2) is 10.2. The molecule has 1 saturated heterocycles. The molecule has 1 amide bonds. The van der Waals surface area contributed by atoms with Crippen LogP contribution in [0.2, 0.25) is 0 Å². The van der Waals surface area contributed by atoms with Gasteiger partial charge in [-0.05, 0) is 36.2 Å². The van der Waals surface area contributed by atoms with E-state index in [0.717, 1.165) is 43.9 Å². The van der Waals surface area contributed by atoms with Crippen LogP contribution in [0, 0.1) is 0 Å². The second-order valence-corrected chi connectivity index (χ2v) is 7.24. The van der Waals surface area contributed by atoms with Crippen LogP contribution in [0.1, 0.15) is 19.8 Å². The summed E-state index contributed by atoms with van der Waals surface area (Å²) in [7, 11) is 0. The summed E-state index contributed by atoms with van der Waals surface area (Å²) in [6.07, 6.45) is 0.946. The van der Waals surface area contributed by atoms with Gasteiger partial charge in [0.25, 0.3) is 0 Å². The lowest BCUT2D eigenvalue weighted by molar-refractivity contribution is -0.130. The van der Waals surface area contributed by atoms with Crippen molar-refractivity contribution in [3.05, 3.63) is 54.6 Å². The predicted molar refractivity (Wildman–Crippen MR) is 111 cm³/mol. The van der Waals surface area contributed by atoms with Gasteiger partial charge in [0.1, 0.15) is 18.5 Å². The Bertz CT molecular complexity index is 733. The minimum Gasteiger partial charge on any atom is -0.491 e. The molecule has 5 nitrogen and oxygen atoms in total. The van der Waals surface area contributed by atoms with Crippen LogP contribution in [-0.4, -0.2) is 66.2 Å². The highest BCUT2D eigenvalue weighted by Crippen LogP contribution is 2.22. The van der Waals surface area contributed by atoms with E-state index in [1.807, 2.05) is 54.3 Å². The van der Waals surface area contributed by atoms with Gasteiger partial charge in [-0.2, -0.15) is 0 Å². The Hall–Kier alpha value is -2.37. The number of hydrogen-bond acceptors (Lipinski definition) is 4. The van der Waals surface area contributed by atoms with Gasteiger partial charge in [-0.25, -0.2) is 0 Å². The topological polar surface area (TPSA) is 53.0 Å². The van der Waals surface area contributed by atoms with Crippen molar-refractivity contribution in [3.63, 3.8) is 0 Å². The van der Waals surface area contributed by atoms with Gasteiger partial charge in [-0.1, -0.05) is 49.4 Å². The Morgan fingerprint density at radius 2 is 1.71 bits per heavy atom. The molecule has 1 atom stereocenters. The van der Waals surface area contributed by atoms with Crippen LogP contribution in [0.5, 0.6) is 5.75 Å². The quantitative estimate of drug-likeness (QED) is 0.800. The molecule has 0 radical (unpaired) electrons. The van der Waals surface area contributed by atoms with Gasteiger partial charge < -0.3 is 14.7 Å². The molecular formula is C23H30N2O3. The van der Waals surface area contributed by atoms with E-state index >= 15 is 0 Å². The molecule has 3 rings (SSSR count). The molecule has 1 fully saturated rings. The summed E-state index contributed by atoms with van der Waals surface area (Å²) in [6.45, 7) is 5.98. The Labute approximate surface area is 167 Å². The van der Waals surface area contributed by atoms with E-state index in [9.17, 15) is 9.90 Å². The third-order valence-electron chi connectivity index (χ3n) is 5.12. The standard InChI is InChI=1S/C23H30N2O3/c1-2-23(27)25-14-6-13-24(15-16-25)17-21(26)18-28-22-11-9-20(10-12-22)19-7-4-3-5-8-19/h3-5,7-12,21,26H,2,6,13-18H2,1H3. The number of rotatable bonds is 7. The Morgan fingerprint density at radius 3 is 2.43 bits per heavy atom. The van der Waals surface area contributed by atoms with Crippen molar-refractivity contribution in [3.8, 4) is 16.9 Å². The fraction of sp³-hybridized carbons (Fsp3) is 0.435. The first-order valence-corrected chi connectivity index (χ1v) is 10.1. The number of nitrogens with zero attached hydrogens (tertiary/aromatic N) is 2. The first-order valence-electron chi connectivity index (χ1n) is 10.1. The highest BCUT2D eigenvalue weighted by Gasteiger charge is 2.19. The van der Waals surface area contributed by atoms with Crippen LogP contribution in [0.25, 0.3) is 11.1 Å². The second-order valence-electron chi connectivity index (χ2n) is 7.24. The number of ether oxygens (including phenoxy) is 1. The minimum absolute atomic E-state index is 0.213. The number of carbonyl (C=O) groups is 1. The summed E-state index contributed by atoms with van der Waals surface area (Å²) < 4.78 is 5.77. The molecule has 0 aliphatic carbocycles. The van der Waals surface area contributed by atoms with Crippen molar-refractivity contribution >= 4 is 5.91 Å². The van der Waals surface area contributed by atoms with Crippen molar-refractivity contribution in [2.75, 3.05) is 39.3 Å². The molecule has 1 heterocycles. The average molecular weight is 383 g/mol. The van der Waals surface area contributed by atoms with Gasteiger partial charge in [0.15, 0.2) is 0 Å². The summed E-state index contributed by atoms with van der Waals surface area (Å²) in [4.78, 5) is 16.0. The van der Waals surface area contributed by atoms with Crippen LogP contribution >= 0.6 is 0 Å². The maximum atomic E-state index is 11.9. The zero-order valence-corrected chi connectivity index (χ0v) is 16.6. The van der Waals surface area contributed by atoms with Crippen molar-refractivity contribution in [2.24, 2.45) is 0 Å². The lowest BCUT2D eigenvalue weighted by Crippen LogP contribution is -2.39. The van der Waals surface area contributed by atoms with Crippen molar-refractivity contribution in [2.45, 2.75) is 25.9 Å². The van der Waals surface area contributed by atoms with Gasteiger partial charge in [0.05, 0.1) is 0 Å². The van der Waals surface area contributed by atoms with Crippen LogP contribution in [0.15, 0.2) is 54.6 Å². The Balaban J connectivity index is 1.44. The molecular weight excluding hydrogens is 352 g/mol. The van der Waals surface area contributed by atoms with Crippen LogP contribution in [0.3, 0.4) is 0 Å².